The second-order valence-corrected chi connectivity index (χ2v) is 5.89. The van der Waals surface area contributed by atoms with Crippen LogP contribution in [0, 0.1) is 3.57 Å². The van der Waals surface area contributed by atoms with Crippen molar-refractivity contribution in [1.29, 1.82) is 0 Å². The first kappa shape index (κ1) is 13.3. The largest absolute Gasteiger partial charge is 0.380 e. The molecule has 3 nitrogen and oxygen atoms in total. The van der Waals surface area contributed by atoms with Gasteiger partial charge >= 0.3 is 0 Å². The smallest absolute Gasteiger partial charge is 0.187 e. The van der Waals surface area contributed by atoms with E-state index in [0.29, 0.717) is 5.56 Å². The lowest BCUT2D eigenvalue weighted by molar-refractivity contribution is -0.115. The zero-order valence-electron chi connectivity index (χ0n) is 10.6. The Balaban J connectivity index is 2.09. The highest BCUT2D eigenvalue weighted by Crippen LogP contribution is 2.26. The number of carbonyl (C=O) groups excluding carboxylic acids is 2. The Bertz CT molecular complexity index is 736. The van der Waals surface area contributed by atoms with E-state index in [4.69, 9.17) is 0 Å². The number of fused-ring (bicyclic) bond motifs is 1. The molecule has 1 aliphatic heterocycles. The topological polar surface area (TPSA) is 46.2 Å². The van der Waals surface area contributed by atoms with Crippen LogP contribution in [0.25, 0.3) is 10.8 Å². The van der Waals surface area contributed by atoms with Crippen LogP contribution >= 0.6 is 22.6 Å². The Hall–Kier alpha value is -1.69. The van der Waals surface area contributed by atoms with Gasteiger partial charge in [-0.3, -0.25) is 9.59 Å². The van der Waals surface area contributed by atoms with Gasteiger partial charge in [0.05, 0.1) is 6.04 Å². The predicted molar refractivity (Wildman–Crippen MR) is 86.7 cm³/mol. The Morgan fingerprint density at radius 2 is 2.00 bits per heavy atom. The van der Waals surface area contributed by atoms with Crippen molar-refractivity contribution in [1.82, 2.24) is 5.32 Å². The molecule has 1 heterocycles. The zero-order valence-corrected chi connectivity index (χ0v) is 12.8. The molecular weight excluding hydrogens is 365 g/mol. The fourth-order valence-electron chi connectivity index (χ4n) is 2.42. The zero-order chi connectivity index (χ0) is 14.1. The van der Waals surface area contributed by atoms with E-state index in [-0.39, 0.29) is 18.0 Å². The predicted octanol–water partition coefficient (Wildman–Crippen LogP) is 3.07. The molecule has 1 atom stereocenters. The van der Waals surface area contributed by atoms with E-state index in [1.165, 1.54) is 6.08 Å². The lowest BCUT2D eigenvalue weighted by Gasteiger charge is -2.19. The van der Waals surface area contributed by atoms with Crippen molar-refractivity contribution < 1.29 is 9.59 Å². The summed E-state index contributed by atoms with van der Waals surface area (Å²) in [5.41, 5.74) is 0.698. The van der Waals surface area contributed by atoms with Crippen molar-refractivity contribution >= 4 is 44.9 Å². The molecule has 100 valence electrons. The van der Waals surface area contributed by atoms with Crippen molar-refractivity contribution in [2.75, 3.05) is 0 Å². The van der Waals surface area contributed by atoms with Gasteiger partial charge in [-0.2, -0.15) is 0 Å². The Morgan fingerprint density at radius 3 is 2.80 bits per heavy atom. The maximum absolute atomic E-state index is 12.7. The van der Waals surface area contributed by atoms with Crippen molar-refractivity contribution in [3.05, 3.63) is 57.8 Å². The van der Waals surface area contributed by atoms with E-state index in [2.05, 4.69) is 27.9 Å². The van der Waals surface area contributed by atoms with E-state index >= 15 is 0 Å². The molecular formula is C16H12INO2. The van der Waals surface area contributed by atoms with Crippen molar-refractivity contribution in [3.63, 3.8) is 0 Å². The summed E-state index contributed by atoms with van der Waals surface area (Å²) in [6, 6.07) is 11.3. The molecule has 0 saturated carbocycles. The van der Waals surface area contributed by atoms with Gasteiger partial charge in [-0.1, -0.05) is 30.3 Å². The second kappa shape index (κ2) is 5.36. The quantitative estimate of drug-likeness (QED) is 0.647. The van der Waals surface area contributed by atoms with Crippen LogP contribution in [0.2, 0.25) is 0 Å². The number of Topliss-reactive ketones (excluding diaryl/α,β-unsaturated/α-hetero) is 1. The number of ketones is 2. The van der Waals surface area contributed by atoms with Crippen LogP contribution in [-0.2, 0) is 4.79 Å². The molecule has 4 heteroatoms. The van der Waals surface area contributed by atoms with Crippen LogP contribution in [-0.4, -0.2) is 17.6 Å². The minimum absolute atomic E-state index is 0.0163. The van der Waals surface area contributed by atoms with Crippen LogP contribution in [0.5, 0.6) is 0 Å². The molecule has 1 N–H and O–H groups in total. The Morgan fingerprint density at radius 1 is 1.20 bits per heavy atom. The van der Waals surface area contributed by atoms with Crippen LogP contribution < -0.4 is 5.32 Å². The molecule has 0 radical (unpaired) electrons. The molecule has 0 spiro atoms. The molecule has 2 aromatic rings. The molecule has 0 aromatic heterocycles. The third kappa shape index (κ3) is 2.35. The van der Waals surface area contributed by atoms with Crippen molar-refractivity contribution in [2.24, 2.45) is 0 Å². The van der Waals surface area contributed by atoms with E-state index in [1.54, 1.807) is 6.20 Å². The Labute approximate surface area is 130 Å². The SMILES string of the molecule is O=C1C=CNC(C(=O)c2c(I)ccc3ccccc23)C1. The number of halogens is 1. The first-order valence-corrected chi connectivity index (χ1v) is 7.41. The summed E-state index contributed by atoms with van der Waals surface area (Å²) in [6.45, 7) is 0. The molecule has 2 aromatic carbocycles. The van der Waals surface area contributed by atoms with Gasteiger partial charge in [-0.25, -0.2) is 0 Å². The molecule has 1 unspecified atom stereocenters. The van der Waals surface area contributed by atoms with E-state index in [9.17, 15) is 9.59 Å². The highest BCUT2D eigenvalue weighted by Gasteiger charge is 2.26. The number of rotatable bonds is 2. The maximum atomic E-state index is 12.7. The van der Waals surface area contributed by atoms with Crippen LogP contribution in [0.1, 0.15) is 16.8 Å². The van der Waals surface area contributed by atoms with Gasteiger partial charge in [-0.05, 0) is 45.5 Å². The normalized spacial score (nSPS) is 18.1. The van der Waals surface area contributed by atoms with Gasteiger partial charge in [0, 0.05) is 21.8 Å². The Kier molecular flexibility index (Phi) is 3.56. The lowest BCUT2D eigenvalue weighted by Crippen LogP contribution is -2.38. The molecule has 20 heavy (non-hydrogen) atoms. The third-order valence-corrected chi connectivity index (χ3v) is 4.31. The fourth-order valence-corrected chi connectivity index (χ4v) is 3.16. The standard InChI is InChI=1S/C16H12INO2/c17-13-6-5-10-3-1-2-4-12(10)15(13)16(20)14-9-11(19)7-8-18-14/h1-8,14,18H,9H2. The summed E-state index contributed by atoms with van der Waals surface area (Å²) in [6.07, 6.45) is 3.25. The number of carbonyl (C=O) groups is 2. The molecule has 0 aliphatic carbocycles. The second-order valence-electron chi connectivity index (χ2n) is 4.73. The minimum atomic E-state index is -0.466. The number of allylic oxidation sites excluding steroid dienone is 1. The van der Waals surface area contributed by atoms with E-state index in [0.717, 1.165) is 14.3 Å². The lowest BCUT2D eigenvalue weighted by atomic mass is 9.94. The molecule has 1 aliphatic rings. The molecule has 3 rings (SSSR count). The summed E-state index contributed by atoms with van der Waals surface area (Å²) in [5, 5.41) is 4.96. The first-order valence-electron chi connectivity index (χ1n) is 6.34. The fraction of sp³-hybridized carbons (Fsp3) is 0.125. The van der Waals surface area contributed by atoms with Gasteiger partial charge in [-0.15, -0.1) is 0 Å². The van der Waals surface area contributed by atoms with Crippen LogP contribution in [0.3, 0.4) is 0 Å². The molecule has 0 fully saturated rings. The average Bonchev–Trinajstić information content (AvgIpc) is 2.46. The molecule has 0 saturated heterocycles. The first-order chi connectivity index (χ1) is 9.66. The third-order valence-electron chi connectivity index (χ3n) is 3.41. The van der Waals surface area contributed by atoms with Crippen LogP contribution in [0.4, 0.5) is 0 Å². The van der Waals surface area contributed by atoms with Gasteiger partial charge in [0.25, 0.3) is 0 Å². The van der Waals surface area contributed by atoms with Gasteiger partial charge in [0.2, 0.25) is 0 Å². The average molecular weight is 377 g/mol. The summed E-state index contributed by atoms with van der Waals surface area (Å²) in [4.78, 5) is 24.2. The summed E-state index contributed by atoms with van der Waals surface area (Å²) >= 11 is 2.17. The molecule has 0 bridgehead atoms. The minimum Gasteiger partial charge on any atom is -0.380 e. The highest BCUT2D eigenvalue weighted by molar-refractivity contribution is 14.1. The summed E-state index contributed by atoms with van der Waals surface area (Å²) in [7, 11) is 0. The monoisotopic (exact) mass is 377 g/mol. The van der Waals surface area contributed by atoms with Gasteiger partial charge in [0.15, 0.2) is 11.6 Å². The molecule has 0 amide bonds. The van der Waals surface area contributed by atoms with Crippen molar-refractivity contribution in [3.8, 4) is 0 Å². The van der Waals surface area contributed by atoms with Gasteiger partial charge < -0.3 is 5.32 Å². The summed E-state index contributed by atoms with van der Waals surface area (Å²) in [5.74, 6) is -0.0405. The van der Waals surface area contributed by atoms with E-state index < -0.39 is 6.04 Å². The van der Waals surface area contributed by atoms with Gasteiger partial charge in [0.1, 0.15) is 0 Å². The number of hydrogen-bond acceptors (Lipinski definition) is 3. The highest BCUT2D eigenvalue weighted by atomic mass is 127. The number of nitrogens with one attached hydrogen (secondary N) is 1. The summed E-state index contributed by atoms with van der Waals surface area (Å²) < 4.78 is 0.912. The number of hydrogen-bond donors (Lipinski definition) is 1. The number of benzene rings is 2. The van der Waals surface area contributed by atoms with Crippen molar-refractivity contribution in [2.45, 2.75) is 12.5 Å². The van der Waals surface area contributed by atoms with E-state index in [1.807, 2.05) is 36.4 Å². The maximum Gasteiger partial charge on any atom is 0.187 e. The van der Waals surface area contributed by atoms with Crippen LogP contribution in [0.15, 0.2) is 48.7 Å².